The fourth-order valence-corrected chi connectivity index (χ4v) is 1.84. The molecule has 0 amide bonds. The highest BCUT2D eigenvalue weighted by atomic mass is 16.5. The van der Waals surface area contributed by atoms with Crippen LogP contribution in [0.2, 0.25) is 0 Å². The second-order valence-corrected chi connectivity index (χ2v) is 3.88. The largest absolute Gasteiger partial charge is 0.369 e. The third kappa shape index (κ3) is 2.13. The van der Waals surface area contributed by atoms with Gasteiger partial charge in [-0.05, 0) is 26.2 Å². The molecule has 1 aromatic rings. The van der Waals surface area contributed by atoms with Crippen LogP contribution in [-0.2, 0) is 11.3 Å². The zero-order chi connectivity index (χ0) is 9.97. The van der Waals surface area contributed by atoms with E-state index in [-0.39, 0.29) is 12.1 Å². The van der Waals surface area contributed by atoms with E-state index >= 15 is 0 Å². The Morgan fingerprint density at radius 3 is 3.07 bits per heavy atom. The number of ether oxygens (including phenoxy) is 1. The number of rotatable bonds is 3. The highest BCUT2D eigenvalue weighted by Gasteiger charge is 2.24. The summed E-state index contributed by atoms with van der Waals surface area (Å²) in [6, 6.07) is 2.08. The zero-order valence-corrected chi connectivity index (χ0v) is 8.40. The molecule has 1 aliphatic rings. The summed E-state index contributed by atoms with van der Waals surface area (Å²) in [5.74, 6) is 0.779. The molecule has 4 nitrogen and oxygen atoms in total. The summed E-state index contributed by atoms with van der Waals surface area (Å²) in [5.41, 5.74) is 6.77. The number of aromatic nitrogens is 1. The molecule has 14 heavy (non-hydrogen) atoms. The summed E-state index contributed by atoms with van der Waals surface area (Å²) < 4.78 is 10.7. The number of nitrogens with zero attached hydrogens (tertiary/aromatic N) is 1. The van der Waals surface area contributed by atoms with Crippen molar-refractivity contribution in [3.63, 3.8) is 0 Å². The van der Waals surface area contributed by atoms with Crippen molar-refractivity contribution in [2.75, 3.05) is 0 Å². The number of aryl methyl sites for hydroxylation is 1. The van der Waals surface area contributed by atoms with Crippen LogP contribution >= 0.6 is 0 Å². The lowest BCUT2D eigenvalue weighted by Crippen LogP contribution is -2.31. The third-order valence-corrected chi connectivity index (χ3v) is 2.62. The van der Waals surface area contributed by atoms with Gasteiger partial charge in [0.15, 0.2) is 5.76 Å². The van der Waals surface area contributed by atoms with Crippen molar-refractivity contribution in [2.24, 2.45) is 5.73 Å². The molecule has 2 unspecified atom stereocenters. The Morgan fingerprint density at radius 2 is 2.50 bits per heavy atom. The molecule has 1 fully saturated rings. The normalized spacial score (nSPS) is 27.0. The van der Waals surface area contributed by atoms with Crippen molar-refractivity contribution in [3.8, 4) is 0 Å². The molecular weight excluding hydrogens is 180 g/mol. The van der Waals surface area contributed by atoms with Crippen molar-refractivity contribution >= 4 is 0 Å². The van der Waals surface area contributed by atoms with E-state index in [2.05, 4.69) is 5.16 Å². The fourth-order valence-electron chi connectivity index (χ4n) is 1.84. The quantitative estimate of drug-likeness (QED) is 0.793. The first-order valence-electron chi connectivity index (χ1n) is 5.05. The van der Waals surface area contributed by atoms with Crippen molar-refractivity contribution in [1.29, 1.82) is 0 Å². The minimum Gasteiger partial charge on any atom is -0.369 e. The first-order valence-corrected chi connectivity index (χ1v) is 5.05. The molecular formula is C10H16N2O2. The number of hydrogen-bond donors (Lipinski definition) is 1. The van der Waals surface area contributed by atoms with E-state index in [9.17, 15) is 0 Å². The fraction of sp³-hybridized carbons (Fsp3) is 0.700. The lowest BCUT2D eigenvalue weighted by molar-refractivity contribution is 0.0239. The minimum atomic E-state index is 0.194. The van der Waals surface area contributed by atoms with Crippen LogP contribution in [0.15, 0.2) is 10.6 Å². The van der Waals surface area contributed by atoms with E-state index in [1.54, 1.807) is 0 Å². The highest BCUT2D eigenvalue weighted by molar-refractivity contribution is 5.01. The van der Waals surface area contributed by atoms with Crippen molar-refractivity contribution < 1.29 is 9.26 Å². The van der Waals surface area contributed by atoms with Gasteiger partial charge in [-0.25, -0.2) is 0 Å². The van der Waals surface area contributed by atoms with E-state index in [1.807, 2.05) is 13.0 Å². The highest BCUT2D eigenvalue weighted by Crippen LogP contribution is 2.21. The molecule has 0 spiro atoms. The molecule has 1 heterocycles. The van der Waals surface area contributed by atoms with Crippen LogP contribution in [0.1, 0.15) is 30.7 Å². The second-order valence-electron chi connectivity index (χ2n) is 3.88. The predicted octanol–water partition coefficient (Wildman–Crippen LogP) is 1.38. The lowest BCUT2D eigenvalue weighted by atomic mass is 10.2. The van der Waals surface area contributed by atoms with Crippen LogP contribution in [0.5, 0.6) is 0 Å². The van der Waals surface area contributed by atoms with Crippen molar-refractivity contribution in [3.05, 3.63) is 17.5 Å². The standard InChI is InChI=1S/C10H16N2O2/c1-7-5-8(14-12-7)6-13-10-4-2-3-9(10)11/h5,9-10H,2-4,6,11H2,1H3. The van der Waals surface area contributed by atoms with E-state index < -0.39 is 0 Å². The van der Waals surface area contributed by atoms with Gasteiger partial charge in [-0.1, -0.05) is 5.16 Å². The SMILES string of the molecule is Cc1cc(COC2CCCC2N)on1. The first-order chi connectivity index (χ1) is 6.75. The van der Waals surface area contributed by atoms with Crippen LogP contribution in [0, 0.1) is 6.92 Å². The van der Waals surface area contributed by atoms with Crippen LogP contribution in [0.3, 0.4) is 0 Å². The zero-order valence-electron chi connectivity index (χ0n) is 8.40. The maximum Gasteiger partial charge on any atom is 0.162 e. The molecule has 1 aliphatic carbocycles. The molecule has 2 rings (SSSR count). The first kappa shape index (κ1) is 9.68. The molecule has 0 radical (unpaired) electrons. The van der Waals surface area contributed by atoms with E-state index in [0.29, 0.717) is 6.61 Å². The Bertz CT molecular complexity index is 298. The molecule has 0 saturated heterocycles. The van der Waals surface area contributed by atoms with Gasteiger partial charge in [0.25, 0.3) is 0 Å². The summed E-state index contributed by atoms with van der Waals surface area (Å²) in [7, 11) is 0. The summed E-state index contributed by atoms with van der Waals surface area (Å²) >= 11 is 0. The van der Waals surface area contributed by atoms with Gasteiger partial charge in [0, 0.05) is 12.1 Å². The molecule has 2 N–H and O–H groups in total. The van der Waals surface area contributed by atoms with Crippen LogP contribution in [-0.4, -0.2) is 17.3 Å². The van der Waals surface area contributed by atoms with Gasteiger partial charge < -0.3 is 15.0 Å². The average Bonchev–Trinajstić information content (AvgIpc) is 2.72. The molecule has 4 heteroatoms. The molecule has 2 atom stereocenters. The van der Waals surface area contributed by atoms with Crippen LogP contribution < -0.4 is 5.73 Å². The minimum absolute atomic E-state index is 0.194. The molecule has 0 bridgehead atoms. The van der Waals surface area contributed by atoms with E-state index in [1.165, 1.54) is 6.42 Å². The Labute approximate surface area is 83.4 Å². The Kier molecular flexibility index (Phi) is 2.84. The number of hydrogen-bond acceptors (Lipinski definition) is 4. The molecule has 0 aromatic carbocycles. The number of nitrogens with two attached hydrogens (primary N) is 1. The summed E-state index contributed by atoms with van der Waals surface area (Å²) in [4.78, 5) is 0. The van der Waals surface area contributed by atoms with Gasteiger partial charge in [0.2, 0.25) is 0 Å². The van der Waals surface area contributed by atoms with Crippen LogP contribution in [0.4, 0.5) is 0 Å². The molecule has 1 aromatic heterocycles. The van der Waals surface area contributed by atoms with Gasteiger partial charge in [0.05, 0.1) is 11.8 Å². The van der Waals surface area contributed by atoms with Gasteiger partial charge in [-0.3, -0.25) is 0 Å². The Morgan fingerprint density at radius 1 is 1.64 bits per heavy atom. The third-order valence-electron chi connectivity index (χ3n) is 2.62. The second kappa shape index (κ2) is 4.11. The Balaban J connectivity index is 1.82. The monoisotopic (exact) mass is 196 g/mol. The van der Waals surface area contributed by atoms with E-state index in [0.717, 1.165) is 24.3 Å². The van der Waals surface area contributed by atoms with Gasteiger partial charge in [-0.2, -0.15) is 0 Å². The van der Waals surface area contributed by atoms with Crippen molar-refractivity contribution in [1.82, 2.24) is 5.16 Å². The Hall–Kier alpha value is -0.870. The van der Waals surface area contributed by atoms with Crippen molar-refractivity contribution in [2.45, 2.75) is 44.9 Å². The predicted molar refractivity (Wildman–Crippen MR) is 51.6 cm³/mol. The van der Waals surface area contributed by atoms with Crippen LogP contribution in [0.25, 0.3) is 0 Å². The maximum atomic E-state index is 5.88. The molecule has 0 aliphatic heterocycles. The lowest BCUT2D eigenvalue weighted by Gasteiger charge is -2.14. The smallest absolute Gasteiger partial charge is 0.162 e. The van der Waals surface area contributed by atoms with Gasteiger partial charge in [-0.15, -0.1) is 0 Å². The maximum absolute atomic E-state index is 5.88. The van der Waals surface area contributed by atoms with E-state index in [4.69, 9.17) is 15.0 Å². The van der Waals surface area contributed by atoms with Gasteiger partial charge in [0.1, 0.15) is 6.61 Å². The molecule has 1 saturated carbocycles. The van der Waals surface area contributed by atoms with Gasteiger partial charge >= 0.3 is 0 Å². The average molecular weight is 196 g/mol. The summed E-state index contributed by atoms with van der Waals surface area (Å²) in [6.07, 6.45) is 3.50. The summed E-state index contributed by atoms with van der Waals surface area (Å²) in [6.45, 7) is 2.38. The topological polar surface area (TPSA) is 61.3 Å². The molecule has 78 valence electrons. The summed E-state index contributed by atoms with van der Waals surface area (Å²) in [5, 5.41) is 3.79.